The van der Waals surface area contributed by atoms with E-state index in [2.05, 4.69) is 10.2 Å². The Labute approximate surface area is 132 Å². The van der Waals surface area contributed by atoms with Crippen LogP contribution in [0.15, 0.2) is 48.5 Å². The third-order valence-corrected chi connectivity index (χ3v) is 3.66. The number of benzene rings is 2. The molecule has 6 heteroatoms. The third kappa shape index (κ3) is 2.65. The van der Waals surface area contributed by atoms with E-state index in [0.29, 0.717) is 21.7 Å². The number of halogens is 2. The summed E-state index contributed by atoms with van der Waals surface area (Å²) in [5.74, 6) is 1.28. The predicted molar refractivity (Wildman–Crippen MR) is 84.7 cm³/mol. The van der Waals surface area contributed by atoms with Gasteiger partial charge >= 0.3 is 0 Å². The molecule has 0 saturated heterocycles. The molecule has 3 aromatic rings. The van der Waals surface area contributed by atoms with E-state index in [9.17, 15) is 0 Å². The normalized spacial score (nSPS) is 10.8. The molecule has 2 N–H and O–H groups in total. The van der Waals surface area contributed by atoms with Gasteiger partial charge in [-0.1, -0.05) is 41.4 Å². The van der Waals surface area contributed by atoms with Crippen LogP contribution in [0, 0.1) is 0 Å². The van der Waals surface area contributed by atoms with Gasteiger partial charge in [0.05, 0.1) is 11.6 Å². The van der Waals surface area contributed by atoms with Crippen molar-refractivity contribution >= 4 is 23.2 Å². The SMILES string of the molecule is NCc1nnc(-c2cc(Cl)ccc2Cl)n1-c1ccccc1. The highest BCUT2D eigenvalue weighted by Gasteiger charge is 2.17. The molecule has 0 fully saturated rings. The van der Waals surface area contributed by atoms with Crippen LogP contribution in [0.25, 0.3) is 17.1 Å². The van der Waals surface area contributed by atoms with E-state index in [1.807, 2.05) is 34.9 Å². The average molecular weight is 319 g/mol. The number of nitrogens with zero attached hydrogens (tertiary/aromatic N) is 3. The zero-order valence-electron chi connectivity index (χ0n) is 11.0. The highest BCUT2D eigenvalue weighted by molar-refractivity contribution is 6.35. The van der Waals surface area contributed by atoms with Crippen LogP contribution >= 0.6 is 23.2 Å². The molecule has 0 unspecified atom stereocenters. The summed E-state index contributed by atoms with van der Waals surface area (Å²) in [5, 5.41) is 9.52. The number of rotatable bonds is 3. The van der Waals surface area contributed by atoms with Gasteiger partial charge in [-0.2, -0.15) is 0 Å². The van der Waals surface area contributed by atoms with Crippen LogP contribution in [0.1, 0.15) is 5.82 Å². The van der Waals surface area contributed by atoms with E-state index in [1.54, 1.807) is 18.2 Å². The first-order valence-corrected chi connectivity index (χ1v) is 7.11. The molecule has 0 spiro atoms. The van der Waals surface area contributed by atoms with Gasteiger partial charge in [-0.25, -0.2) is 0 Å². The van der Waals surface area contributed by atoms with Gasteiger partial charge in [0, 0.05) is 16.3 Å². The van der Waals surface area contributed by atoms with Crippen LogP contribution in [-0.4, -0.2) is 14.8 Å². The van der Waals surface area contributed by atoms with Crippen molar-refractivity contribution in [2.45, 2.75) is 6.54 Å². The number of nitrogens with two attached hydrogens (primary N) is 1. The maximum atomic E-state index is 6.27. The lowest BCUT2D eigenvalue weighted by molar-refractivity contribution is 0.861. The maximum absolute atomic E-state index is 6.27. The van der Waals surface area contributed by atoms with Gasteiger partial charge in [-0.3, -0.25) is 4.57 Å². The van der Waals surface area contributed by atoms with Crippen molar-refractivity contribution in [3.05, 3.63) is 64.4 Å². The smallest absolute Gasteiger partial charge is 0.170 e. The highest BCUT2D eigenvalue weighted by atomic mass is 35.5. The average Bonchev–Trinajstić information content (AvgIpc) is 2.94. The molecule has 106 valence electrons. The molecule has 4 nitrogen and oxygen atoms in total. The minimum Gasteiger partial charge on any atom is -0.324 e. The minimum atomic E-state index is 0.278. The molecule has 0 amide bonds. The minimum absolute atomic E-state index is 0.278. The quantitative estimate of drug-likeness (QED) is 0.801. The fraction of sp³-hybridized carbons (Fsp3) is 0.0667. The van der Waals surface area contributed by atoms with E-state index >= 15 is 0 Å². The van der Waals surface area contributed by atoms with Crippen LogP contribution in [0.2, 0.25) is 10.0 Å². The second-order valence-electron chi connectivity index (χ2n) is 4.44. The fourth-order valence-electron chi connectivity index (χ4n) is 2.14. The molecule has 1 heterocycles. The Bertz CT molecular complexity index is 769. The second-order valence-corrected chi connectivity index (χ2v) is 5.28. The van der Waals surface area contributed by atoms with Crippen molar-refractivity contribution in [1.29, 1.82) is 0 Å². The van der Waals surface area contributed by atoms with Crippen molar-refractivity contribution in [3.8, 4) is 17.1 Å². The first-order valence-electron chi connectivity index (χ1n) is 6.36. The standard InChI is InChI=1S/C15H12Cl2N4/c16-10-6-7-13(17)12(8-10)15-20-19-14(9-18)21(15)11-4-2-1-3-5-11/h1-8H,9,18H2. The van der Waals surface area contributed by atoms with E-state index in [1.165, 1.54) is 0 Å². The summed E-state index contributed by atoms with van der Waals surface area (Å²) in [5.41, 5.74) is 7.41. The molecule has 0 aliphatic rings. The molecule has 0 aliphatic carbocycles. The van der Waals surface area contributed by atoms with Crippen LogP contribution in [0.4, 0.5) is 0 Å². The molecule has 0 saturated carbocycles. The molecule has 0 atom stereocenters. The van der Waals surface area contributed by atoms with E-state index in [4.69, 9.17) is 28.9 Å². The zero-order valence-corrected chi connectivity index (χ0v) is 12.5. The summed E-state index contributed by atoms with van der Waals surface area (Å²) in [7, 11) is 0. The summed E-state index contributed by atoms with van der Waals surface area (Å²) in [6.45, 7) is 0.278. The predicted octanol–water partition coefficient (Wildman–Crippen LogP) is 3.70. The Morgan fingerprint density at radius 2 is 1.76 bits per heavy atom. The van der Waals surface area contributed by atoms with Crippen LogP contribution in [0.3, 0.4) is 0 Å². The Kier molecular flexibility index (Phi) is 3.92. The lowest BCUT2D eigenvalue weighted by Crippen LogP contribution is -2.07. The summed E-state index contributed by atoms with van der Waals surface area (Å²) >= 11 is 12.3. The molecular weight excluding hydrogens is 307 g/mol. The zero-order chi connectivity index (χ0) is 14.8. The van der Waals surface area contributed by atoms with Gasteiger partial charge in [0.15, 0.2) is 11.6 Å². The fourth-order valence-corrected chi connectivity index (χ4v) is 2.51. The molecule has 0 bridgehead atoms. The second kappa shape index (κ2) is 5.85. The van der Waals surface area contributed by atoms with Crippen molar-refractivity contribution in [1.82, 2.24) is 14.8 Å². The third-order valence-electron chi connectivity index (χ3n) is 3.10. The lowest BCUT2D eigenvalue weighted by atomic mass is 10.2. The van der Waals surface area contributed by atoms with Crippen LogP contribution in [0.5, 0.6) is 0 Å². The van der Waals surface area contributed by atoms with Gasteiger partial charge in [0.1, 0.15) is 0 Å². The van der Waals surface area contributed by atoms with Crippen LogP contribution in [-0.2, 0) is 6.54 Å². The number of aromatic nitrogens is 3. The Morgan fingerprint density at radius 3 is 2.48 bits per heavy atom. The monoisotopic (exact) mass is 318 g/mol. The van der Waals surface area contributed by atoms with Crippen molar-refractivity contribution in [3.63, 3.8) is 0 Å². The molecule has 2 aromatic carbocycles. The summed E-state index contributed by atoms with van der Waals surface area (Å²) < 4.78 is 1.89. The van der Waals surface area contributed by atoms with Gasteiger partial charge in [-0.05, 0) is 30.3 Å². The van der Waals surface area contributed by atoms with E-state index < -0.39 is 0 Å². The molecule has 1 aromatic heterocycles. The summed E-state index contributed by atoms with van der Waals surface area (Å²) in [6.07, 6.45) is 0. The largest absolute Gasteiger partial charge is 0.324 e. The Hall–Kier alpha value is -1.88. The van der Waals surface area contributed by atoms with Crippen LogP contribution < -0.4 is 5.73 Å². The van der Waals surface area contributed by atoms with E-state index in [-0.39, 0.29) is 6.54 Å². The van der Waals surface area contributed by atoms with Crippen molar-refractivity contribution < 1.29 is 0 Å². The first-order chi connectivity index (χ1) is 10.2. The molecule has 0 aliphatic heterocycles. The van der Waals surface area contributed by atoms with E-state index in [0.717, 1.165) is 11.3 Å². The first kappa shape index (κ1) is 14.1. The molecule has 21 heavy (non-hydrogen) atoms. The number of para-hydroxylation sites is 1. The molecule has 3 rings (SSSR count). The highest BCUT2D eigenvalue weighted by Crippen LogP contribution is 2.31. The number of hydrogen-bond donors (Lipinski definition) is 1. The summed E-state index contributed by atoms with van der Waals surface area (Å²) in [6, 6.07) is 15.0. The summed E-state index contributed by atoms with van der Waals surface area (Å²) in [4.78, 5) is 0. The van der Waals surface area contributed by atoms with Gasteiger partial charge in [0.2, 0.25) is 0 Å². The van der Waals surface area contributed by atoms with Crippen molar-refractivity contribution in [2.75, 3.05) is 0 Å². The Morgan fingerprint density at radius 1 is 1.00 bits per heavy atom. The van der Waals surface area contributed by atoms with Crippen molar-refractivity contribution in [2.24, 2.45) is 5.73 Å². The Balaban J connectivity index is 2.25. The van der Waals surface area contributed by atoms with Gasteiger partial charge in [0.25, 0.3) is 0 Å². The number of hydrogen-bond acceptors (Lipinski definition) is 3. The maximum Gasteiger partial charge on any atom is 0.170 e. The molecule has 0 radical (unpaired) electrons. The topological polar surface area (TPSA) is 56.7 Å². The lowest BCUT2D eigenvalue weighted by Gasteiger charge is -2.10. The van der Waals surface area contributed by atoms with Gasteiger partial charge < -0.3 is 5.73 Å². The molecular formula is C15H12Cl2N4. The van der Waals surface area contributed by atoms with Gasteiger partial charge in [-0.15, -0.1) is 10.2 Å².